The Bertz CT molecular complexity index is 886. The molecule has 1 amide bonds. The summed E-state index contributed by atoms with van der Waals surface area (Å²) in [6.07, 6.45) is 2.40. The molecule has 0 saturated carbocycles. The van der Waals surface area contributed by atoms with Gasteiger partial charge in [0.1, 0.15) is 23.1 Å². The maximum absolute atomic E-state index is 12.4. The number of rotatable bonds is 8. The number of nitrogens with zero attached hydrogens (tertiary/aromatic N) is 1. The van der Waals surface area contributed by atoms with E-state index >= 15 is 0 Å². The van der Waals surface area contributed by atoms with E-state index in [9.17, 15) is 10.1 Å². The Kier molecular flexibility index (Phi) is 7.91. The second kappa shape index (κ2) is 10.4. The second-order valence-electron chi connectivity index (χ2n) is 6.11. The number of hydrogen-bond donors (Lipinski definition) is 1. The molecule has 0 aliphatic carbocycles. The highest BCUT2D eigenvalue weighted by molar-refractivity contribution is 6.32. The lowest BCUT2D eigenvalue weighted by molar-refractivity contribution is -0.112. The molecule has 0 spiro atoms. The van der Waals surface area contributed by atoms with Crippen LogP contribution < -0.4 is 14.8 Å². The fraction of sp³-hybridized carbons (Fsp3) is 0.273. The molecule has 0 unspecified atom stereocenters. The lowest BCUT2D eigenvalue weighted by Gasteiger charge is -2.14. The van der Waals surface area contributed by atoms with Gasteiger partial charge in [-0.2, -0.15) is 5.26 Å². The Hall–Kier alpha value is -2.97. The Balaban J connectivity index is 2.13. The lowest BCUT2D eigenvalue weighted by Crippen LogP contribution is -2.13. The number of benzene rings is 2. The van der Waals surface area contributed by atoms with Crippen molar-refractivity contribution in [3.63, 3.8) is 0 Å². The number of ether oxygens (including phenoxy) is 2. The molecule has 1 N–H and O–H groups in total. The monoisotopic (exact) mass is 398 g/mol. The van der Waals surface area contributed by atoms with Gasteiger partial charge in [0, 0.05) is 5.69 Å². The van der Waals surface area contributed by atoms with Gasteiger partial charge in [0.2, 0.25) is 0 Å². The minimum atomic E-state index is -0.497. The Morgan fingerprint density at radius 3 is 2.54 bits per heavy atom. The molecule has 2 aromatic carbocycles. The molecule has 5 nitrogen and oxygen atoms in total. The fourth-order valence-corrected chi connectivity index (χ4v) is 2.55. The average molecular weight is 399 g/mol. The molecule has 0 saturated heterocycles. The first-order chi connectivity index (χ1) is 13.5. The molecule has 6 heteroatoms. The highest BCUT2D eigenvalue weighted by Crippen LogP contribution is 2.28. The van der Waals surface area contributed by atoms with Crippen molar-refractivity contribution < 1.29 is 14.3 Å². The van der Waals surface area contributed by atoms with Crippen molar-refractivity contribution in [3.05, 3.63) is 58.6 Å². The van der Waals surface area contributed by atoms with Crippen LogP contribution in [0.5, 0.6) is 11.5 Å². The number of amides is 1. The first kappa shape index (κ1) is 21.3. The van der Waals surface area contributed by atoms with Gasteiger partial charge >= 0.3 is 0 Å². The van der Waals surface area contributed by atoms with Crippen LogP contribution in [-0.4, -0.2) is 18.6 Å². The summed E-state index contributed by atoms with van der Waals surface area (Å²) in [5.41, 5.74) is 1.19. The standard InChI is InChI=1S/C22H23ClN2O3/c1-4-15(3)28-21-11-6-16(13-20(21)23)12-17(14-24)22(26)25-18-7-9-19(10-8-18)27-5-2/h6-13,15H,4-5H2,1-3H3,(H,25,26)/b17-12-/t15-/m1/s1. The number of hydrogen-bond acceptors (Lipinski definition) is 4. The lowest BCUT2D eigenvalue weighted by atomic mass is 10.1. The summed E-state index contributed by atoms with van der Waals surface area (Å²) < 4.78 is 11.1. The van der Waals surface area contributed by atoms with Gasteiger partial charge in [-0.25, -0.2) is 0 Å². The Morgan fingerprint density at radius 1 is 1.25 bits per heavy atom. The summed E-state index contributed by atoms with van der Waals surface area (Å²) in [4.78, 5) is 12.4. The quantitative estimate of drug-likeness (QED) is 0.473. The van der Waals surface area contributed by atoms with Crippen LogP contribution in [0.15, 0.2) is 48.0 Å². The van der Waals surface area contributed by atoms with Crippen LogP contribution >= 0.6 is 11.6 Å². The molecule has 0 aliphatic heterocycles. The number of anilines is 1. The first-order valence-electron chi connectivity index (χ1n) is 9.09. The third-order valence-corrected chi connectivity index (χ3v) is 4.25. The highest BCUT2D eigenvalue weighted by atomic mass is 35.5. The molecule has 0 heterocycles. The van der Waals surface area contributed by atoms with Crippen LogP contribution in [0, 0.1) is 11.3 Å². The predicted molar refractivity (Wildman–Crippen MR) is 112 cm³/mol. The van der Waals surface area contributed by atoms with Gasteiger partial charge in [0.25, 0.3) is 5.91 Å². The molecule has 0 bridgehead atoms. The topological polar surface area (TPSA) is 71.3 Å². The normalized spacial score (nSPS) is 12.0. The molecule has 0 fully saturated rings. The Labute approximate surface area is 170 Å². The third kappa shape index (κ3) is 6.04. The summed E-state index contributed by atoms with van der Waals surface area (Å²) in [7, 11) is 0. The predicted octanol–water partition coefficient (Wildman–Crippen LogP) is 5.46. The number of nitriles is 1. The number of carbonyl (C=O) groups is 1. The van der Waals surface area contributed by atoms with Gasteiger partial charge in [-0.1, -0.05) is 24.6 Å². The summed E-state index contributed by atoms with van der Waals surface area (Å²) in [5.74, 6) is 0.791. The Morgan fingerprint density at radius 2 is 1.96 bits per heavy atom. The largest absolute Gasteiger partial charge is 0.494 e. The first-order valence-corrected chi connectivity index (χ1v) is 9.46. The van der Waals surface area contributed by atoms with Crippen LogP contribution in [-0.2, 0) is 4.79 Å². The molecule has 1 atom stereocenters. The van der Waals surface area contributed by atoms with Crippen LogP contribution in [0.3, 0.4) is 0 Å². The van der Waals surface area contributed by atoms with Crippen molar-refractivity contribution in [1.82, 2.24) is 0 Å². The van der Waals surface area contributed by atoms with E-state index in [1.807, 2.05) is 26.8 Å². The average Bonchev–Trinajstić information content (AvgIpc) is 2.69. The van der Waals surface area contributed by atoms with Gasteiger partial charge in [-0.05, 0) is 68.3 Å². The van der Waals surface area contributed by atoms with Crippen molar-refractivity contribution >= 4 is 29.3 Å². The molecule has 2 aromatic rings. The zero-order chi connectivity index (χ0) is 20.5. The van der Waals surface area contributed by atoms with Gasteiger partial charge in [-0.15, -0.1) is 0 Å². The smallest absolute Gasteiger partial charge is 0.266 e. The van der Waals surface area contributed by atoms with Gasteiger partial charge in [0.15, 0.2) is 0 Å². The SMILES string of the molecule is CCOc1ccc(NC(=O)/C(C#N)=C\c2ccc(O[C@H](C)CC)c(Cl)c2)cc1. The van der Waals surface area contributed by atoms with E-state index in [0.29, 0.717) is 34.4 Å². The second-order valence-corrected chi connectivity index (χ2v) is 6.52. The molecule has 0 aromatic heterocycles. The van der Waals surface area contributed by atoms with E-state index in [1.54, 1.807) is 42.5 Å². The van der Waals surface area contributed by atoms with Gasteiger partial charge in [-0.3, -0.25) is 4.79 Å². The van der Waals surface area contributed by atoms with Gasteiger partial charge < -0.3 is 14.8 Å². The molecular weight excluding hydrogens is 376 g/mol. The van der Waals surface area contributed by atoms with Crippen molar-refractivity contribution in [2.45, 2.75) is 33.3 Å². The fourth-order valence-electron chi connectivity index (χ4n) is 2.32. The minimum Gasteiger partial charge on any atom is -0.494 e. The molecule has 0 radical (unpaired) electrons. The molecule has 146 valence electrons. The number of nitrogens with one attached hydrogen (secondary N) is 1. The van der Waals surface area contributed by atoms with Crippen molar-refractivity contribution in [3.8, 4) is 17.6 Å². The maximum atomic E-state index is 12.4. The van der Waals surface area contributed by atoms with Crippen molar-refractivity contribution in [2.24, 2.45) is 0 Å². The van der Waals surface area contributed by atoms with Crippen LogP contribution in [0.1, 0.15) is 32.8 Å². The molecule has 2 rings (SSSR count). The summed E-state index contributed by atoms with van der Waals surface area (Å²) in [5, 5.41) is 12.5. The van der Waals surface area contributed by atoms with Crippen molar-refractivity contribution in [1.29, 1.82) is 5.26 Å². The molecule has 28 heavy (non-hydrogen) atoms. The molecular formula is C22H23ClN2O3. The summed E-state index contributed by atoms with van der Waals surface area (Å²) in [6, 6.07) is 14.0. The minimum absolute atomic E-state index is 0.0273. The maximum Gasteiger partial charge on any atom is 0.266 e. The van der Waals surface area contributed by atoms with E-state index in [1.165, 1.54) is 6.08 Å². The van der Waals surface area contributed by atoms with E-state index in [4.69, 9.17) is 21.1 Å². The third-order valence-electron chi connectivity index (χ3n) is 3.96. The van der Waals surface area contributed by atoms with E-state index < -0.39 is 5.91 Å². The van der Waals surface area contributed by atoms with Crippen LogP contribution in [0.25, 0.3) is 6.08 Å². The summed E-state index contributed by atoms with van der Waals surface area (Å²) in [6.45, 7) is 6.45. The van der Waals surface area contributed by atoms with Crippen LogP contribution in [0.4, 0.5) is 5.69 Å². The van der Waals surface area contributed by atoms with Crippen molar-refractivity contribution in [2.75, 3.05) is 11.9 Å². The van der Waals surface area contributed by atoms with E-state index in [0.717, 1.165) is 6.42 Å². The number of halogens is 1. The van der Waals surface area contributed by atoms with E-state index in [-0.39, 0.29) is 11.7 Å². The summed E-state index contributed by atoms with van der Waals surface area (Å²) >= 11 is 6.26. The highest BCUT2D eigenvalue weighted by Gasteiger charge is 2.11. The van der Waals surface area contributed by atoms with Crippen LogP contribution in [0.2, 0.25) is 5.02 Å². The zero-order valence-electron chi connectivity index (χ0n) is 16.2. The van der Waals surface area contributed by atoms with E-state index in [2.05, 4.69) is 5.32 Å². The molecule has 0 aliphatic rings. The zero-order valence-corrected chi connectivity index (χ0v) is 16.9. The number of carbonyl (C=O) groups excluding carboxylic acids is 1. The van der Waals surface area contributed by atoms with Gasteiger partial charge in [0.05, 0.1) is 17.7 Å².